The fourth-order valence-electron chi connectivity index (χ4n) is 2.00. The molecular formula is C14H10N4O2S. The molecule has 21 heavy (non-hydrogen) atoms. The summed E-state index contributed by atoms with van der Waals surface area (Å²) in [5, 5.41) is 16.0. The van der Waals surface area contributed by atoms with Crippen molar-refractivity contribution < 1.29 is 9.90 Å². The van der Waals surface area contributed by atoms with E-state index in [2.05, 4.69) is 15.2 Å². The molecule has 6 nitrogen and oxygen atoms in total. The van der Waals surface area contributed by atoms with Gasteiger partial charge >= 0.3 is 5.97 Å². The molecule has 3 rings (SSSR count). The SMILES string of the molecule is O=C(O)c1cccc(-n2c(-c3cccnc3)n[nH]c2=S)c1. The van der Waals surface area contributed by atoms with Crippen molar-refractivity contribution in [1.29, 1.82) is 0 Å². The molecular weight excluding hydrogens is 288 g/mol. The molecule has 0 spiro atoms. The smallest absolute Gasteiger partial charge is 0.335 e. The van der Waals surface area contributed by atoms with E-state index in [1.54, 1.807) is 41.2 Å². The lowest BCUT2D eigenvalue weighted by Crippen LogP contribution is -2.01. The Morgan fingerprint density at radius 1 is 1.29 bits per heavy atom. The lowest BCUT2D eigenvalue weighted by atomic mass is 10.2. The molecule has 104 valence electrons. The molecule has 0 aliphatic carbocycles. The average molecular weight is 298 g/mol. The Balaban J connectivity index is 2.20. The Bertz CT molecular complexity index is 855. The third-order valence-corrected chi connectivity index (χ3v) is 3.22. The number of aromatic carboxylic acids is 1. The third-order valence-electron chi connectivity index (χ3n) is 2.94. The van der Waals surface area contributed by atoms with Crippen LogP contribution in [0.4, 0.5) is 0 Å². The Morgan fingerprint density at radius 3 is 2.86 bits per heavy atom. The van der Waals surface area contributed by atoms with Gasteiger partial charge in [-0.05, 0) is 42.5 Å². The van der Waals surface area contributed by atoms with E-state index in [1.165, 1.54) is 6.07 Å². The molecule has 2 heterocycles. The second-order valence-corrected chi connectivity index (χ2v) is 4.67. The third kappa shape index (κ3) is 2.46. The number of carbonyl (C=O) groups is 1. The van der Waals surface area contributed by atoms with Gasteiger partial charge in [-0.15, -0.1) is 0 Å². The van der Waals surface area contributed by atoms with Crippen LogP contribution in [0.3, 0.4) is 0 Å². The highest BCUT2D eigenvalue weighted by Gasteiger charge is 2.12. The molecule has 0 fully saturated rings. The summed E-state index contributed by atoms with van der Waals surface area (Å²) in [5.74, 6) is -0.412. The van der Waals surface area contributed by atoms with Crippen molar-refractivity contribution in [2.45, 2.75) is 0 Å². The zero-order valence-corrected chi connectivity index (χ0v) is 11.5. The van der Waals surface area contributed by atoms with E-state index >= 15 is 0 Å². The van der Waals surface area contributed by atoms with Gasteiger partial charge < -0.3 is 5.11 Å². The molecule has 2 aromatic heterocycles. The van der Waals surface area contributed by atoms with Crippen molar-refractivity contribution in [3.05, 3.63) is 59.1 Å². The predicted octanol–water partition coefficient (Wildman–Crippen LogP) is 2.69. The quantitative estimate of drug-likeness (QED) is 0.726. The summed E-state index contributed by atoms with van der Waals surface area (Å²) in [6.45, 7) is 0. The lowest BCUT2D eigenvalue weighted by molar-refractivity contribution is 0.0697. The summed E-state index contributed by atoms with van der Waals surface area (Å²) < 4.78 is 2.06. The second kappa shape index (κ2) is 5.29. The molecule has 0 amide bonds. The summed E-state index contributed by atoms with van der Waals surface area (Å²) in [6, 6.07) is 10.2. The van der Waals surface area contributed by atoms with Crippen LogP contribution in [-0.4, -0.2) is 30.8 Å². The molecule has 7 heteroatoms. The van der Waals surface area contributed by atoms with Gasteiger partial charge in [-0.1, -0.05) is 6.07 Å². The van der Waals surface area contributed by atoms with E-state index in [1.807, 2.05) is 6.07 Å². The maximum absolute atomic E-state index is 11.1. The number of nitrogens with one attached hydrogen (secondary N) is 1. The minimum Gasteiger partial charge on any atom is -0.478 e. The summed E-state index contributed by atoms with van der Waals surface area (Å²) in [6.07, 6.45) is 3.34. The zero-order chi connectivity index (χ0) is 14.8. The van der Waals surface area contributed by atoms with Gasteiger partial charge in [0.25, 0.3) is 0 Å². The number of hydrogen-bond acceptors (Lipinski definition) is 4. The number of nitrogens with zero attached hydrogens (tertiary/aromatic N) is 3. The Labute approximate surface area is 124 Å². The van der Waals surface area contributed by atoms with Crippen LogP contribution in [0, 0.1) is 4.77 Å². The molecule has 0 aliphatic heterocycles. The van der Waals surface area contributed by atoms with Crippen LogP contribution in [0.25, 0.3) is 17.1 Å². The number of rotatable bonds is 3. The van der Waals surface area contributed by atoms with Crippen molar-refractivity contribution in [3.63, 3.8) is 0 Å². The highest BCUT2D eigenvalue weighted by molar-refractivity contribution is 7.71. The summed E-state index contributed by atoms with van der Waals surface area (Å²) >= 11 is 5.24. The predicted molar refractivity (Wildman–Crippen MR) is 78.9 cm³/mol. The van der Waals surface area contributed by atoms with Gasteiger partial charge in [0, 0.05) is 18.0 Å². The molecule has 0 atom stereocenters. The van der Waals surface area contributed by atoms with Crippen molar-refractivity contribution >= 4 is 18.2 Å². The van der Waals surface area contributed by atoms with Gasteiger partial charge in [-0.2, -0.15) is 5.10 Å². The van der Waals surface area contributed by atoms with Crippen molar-refractivity contribution in [2.24, 2.45) is 0 Å². The number of carboxylic acids is 1. The molecule has 0 aliphatic rings. The van der Waals surface area contributed by atoms with Gasteiger partial charge in [-0.3, -0.25) is 14.6 Å². The minimum absolute atomic E-state index is 0.188. The maximum atomic E-state index is 11.1. The maximum Gasteiger partial charge on any atom is 0.335 e. The molecule has 0 radical (unpaired) electrons. The Kier molecular flexibility index (Phi) is 3.33. The lowest BCUT2D eigenvalue weighted by Gasteiger charge is -2.07. The topological polar surface area (TPSA) is 83.8 Å². The Hall–Kier alpha value is -2.80. The van der Waals surface area contributed by atoms with E-state index < -0.39 is 5.97 Å². The number of benzene rings is 1. The molecule has 0 bridgehead atoms. The number of pyridine rings is 1. The molecule has 0 saturated heterocycles. The molecule has 3 aromatic rings. The second-order valence-electron chi connectivity index (χ2n) is 4.28. The van der Waals surface area contributed by atoms with Gasteiger partial charge in [0.2, 0.25) is 0 Å². The van der Waals surface area contributed by atoms with Crippen molar-refractivity contribution in [2.75, 3.05) is 0 Å². The van der Waals surface area contributed by atoms with Gasteiger partial charge in [0.05, 0.1) is 11.3 Å². The van der Waals surface area contributed by atoms with Gasteiger partial charge in [0.15, 0.2) is 10.6 Å². The van der Waals surface area contributed by atoms with Gasteiger partial charge in [0.1, 0.15) is 0 Å². The first-order valence-electron chi connectivity index (χ1n) is 6.08. The van der Waals surface area contributed by atoms with E-state index in [9.17, 15) is 4.79 Å². The van der Waals surface area contributed by atoms with E-state index in [0.717, 1.165) is 5.56 Å². The van der Waals surface area contributed by atoms with Crippen LogP contribution in [0.5, 0.6) is 0 Å². The fraction of sp³-hybridized carbons (Fsp3) is 0. The largest absolute Gasteiger partial charge is 0.478 e. The first-order chi connectivity index (χ1) is 10.2. The molecule has 2 N–H and O–H groups in total. The first-order valence-corrected chi connectivity index (χ1v) is 6.49. The van der Waals surface area contributed by atoms with E-state index in [0.29, 0.717) is 16.3 Å². The highest BCUT2D eigenvalue weighted by Crippen LogP contribution is 2.21. The van der Waals surface area contributed by atoms with Crippen LogP contribution in [0.15, 0.2) is 48.8 Å². The van der Waals surface area contributed by atoms with Crippen LogP contribution < -0.4 is 0 Å². The normalized spacial score (nSPS) is 10.5. The molecule has 0 saturated carbocycles. The van der Waals surface area contributed by atoms with Crippen LogP contribution in [-0.2, 0) is 0 Å². The summed E-state index contributed by atoms with van der Waals surface area (Å²) in [4.78, 5) is 15.1. The number of hydrogen-bond donors (Lipinski definition) is 2. The number of aromatic amines is 1. The van der Waals surface area contributed by atoms with E-state index in [4.69, 9.17) is 17.3 Å². The average Bonchev–Trinajstić information content (AvgIpc) is 2.90. The monoisotopic (exact) mass is 298 g/mol. The van der Waals surface area contributed by atoms with E-state index in [-0.39, 0.29) is 5.56 Å². The van der Waals surface area contributed by atoms with Crippen molar-refractivity contribution in [3.8, 4) is 17.1 Å². The summed E-state index contributed by atoms with van der Waals surface area (Å²) in [7, 11) is 0. The van der Waals surface area contributed by atoms with Crippen LogP contribution in [0.2, 0.25) is 0 Å². The Morgan fingerprint density at radius 2 is 2.14 bits per heavy atom. The summed E-state index contributed by atoms with van der Waals surface area (Å²) in [5.41, 5.74) is 1.60. The minimum atomic E-state index is -0.991. The number of H-pyrrole nitrogens is 1. The zero-order valence-electron chi connectivity index (χ0n) is 10.7. The standard InChI is InChI=1S/C14H10N4O2S/c19-13(20)9-3-1-5-11(7-9)18-12(16-17-14(18)21)10-4-2-6-15-8-10/h1-8H,(H,17,21)(H,19,20). The molecule has 0 unspecified atom stereocenters. The number of carboxylic acid groups (broad SMARTS) is 1. The highest BCUT2D eigenvalue weighted by atomic mass is 32.1. The van der Waals surface area contributed by atoms with Crippen LogP contribution >= 0.6 is 12.2 Å². The molecule has 1 aromatic carbocycles. The van der Waals surface area contributed by atoms with Gasteiger partial charge in [-0.25, -0.2) is 4.79 Å². The van der Waals surface area contributed by atoms with Crippen molar-refractivity contribution in [1.82, 2.24) is 19.7 Å². The first kappa shape index (κ1) is 13.2. The fourth-order valence-corrected chi connectivity index (χ4v) is 2.24. The number of aromatic nitrogens is 4. The van der Waals surface area contributed by atoms with Crippen LogP contribution in [0.1, 0.15) is 10.4 Å².